The van der Waals surface area contributed by atoms with Gasteiger partial charge in [0.05, 0.1) is 10.7 Å². The quantitative estimate of drug-likeness (QED) is 0.321. The van der Waals surface area contributed by atoms with E-state index < -0.39 is 8.07 Å². The van der Waals surface area contributed by atoms with Gasteiger partial charge in [-0.25, -0.2) is 4.99 Å². The fourth-order valence-electron chi connectivity index (χ4n) is 2.22. The lowest BCUT2D eigenvalue weighted by atomic mass is 10.2. The Bertz CT molecular complexity index is 603. The lowest BCUT2D eigenvalue weighted by Crippen LogP contribution is -2.20. The zero-order valence-corrected chi connectivity index (χ0v) is 16.3. The minimum atomic E-state index is -1.03. The average Bonchev–Trinajstić information content (AvgIpc) is 2.54. The van der Waals surface area contributed by atoms with Crippen LogP contribution in [0, 0.1) is 0 Å². The van der Waals surface area contributed by atoms with E-state index in [1.807, 2.05) is 17.8 Å². The Labute approximate surface area is 146 Å². The second-order valence-electron chi connectivity index (χ2n) is 6.99. The van der Waals surface area contributed by atoms with Crippen molar-refractivity contribution in [3.05, 3.63) is 66.2 Å². The fraction of sp³-hybridized carbons (Fsp3) is 0.350. The van der Waals surface area contributed by atoms with Gasteiger partial charge < -0.3 is 0 Å². The molecule has 0 radical (unpaired) electrons. The highest BCUT2D eigenvalue weighted by Crippen LogP contribution is 2.22. The van der Waals surface area contributed by atoms with Gasteiger partial charge in [-0.1, -0.05) is 74.2 Å². The first-order chi connectivity index (χ1) is 11.0. The third kappa shape index (κ3) is 7.66. The summed E-state index contributed by atoms with van der Waals surface area (Å²) in [7, 11) is -1.03. The van der Waals surface area contributed by atoms with Crippen molar-refractivity contribution in [3.63, 3.8) is 0 Å². The molecule has 0 atom stereocenters. The van der Waals surface area contributed by atoms with E-state index in [0.29, 0.717) is 0 Å². The van der Waals surface area contributed by atoms with E-state index in [-0.39, 0.29) is 0 Å². The summed E-state index contributed by atoms with van der Waals surface area (Å²) in [6.45, 7) is 7.30. The minimum absolute atomic E-state index is 1.03. The van der Waals surface area contributed by atoms with Crippen molar-refractivity contribution >= 4 is 30.6 Å². The minimum Gasteiger partial charge on any atom is -0.247 e. The monoisotopic (exact) mass is 341 g/mol. The average molecular weight is 342 g/mol. The van der Waals surface area contributed by atoms with Crippen molar-refractivity contribution in [2.75, 3.05) is 5.75 Å². The Morgan fingerprint density at radius 1 is 0.913 bits per heavy atom. The Hall–Kier alpha value is -1.32. The molecule has 1 nitrogen and oxygen atoms in total. The van der Waals surface area contributed by atoms with Crippen molar-refractivity contribution in [1.82, 2.24) is 0 Å². The molecule has 0 spiro atoms. The summed E-state index contributed by atoms with van der Waals surface area (Å²) in [6, 6.07) is 22.4. The Morgan fingerprint density at radius 3 is 2.13 bits per heavy atom. The van der Waals surface area contributed by atoms with E-state index in [1.165, 1.54) is 16.7 Å². The standard InChI is InChI=1S/C20H27NSSi/c1-23(2,3)17-15-20(21-19-12-8-5-9-13-19)22-16-14-18-10-6-4-7-11-18/h4-13H,14-17H2,1-3H3. The first-order valence-corrected chi connectivity index (χ1v) is 13.0. The van der Waals surface area contributed by atoms with Crippen LogP contribution in [-0.2, 0) is 6.42 Å². The molecule has 0 amide bonds. The summed E-state index contributed by atoms with van der Waals surface area (Å²) < 4.78 is 0. The van der Waals surface area contributed by atoms with Gasteiger partial charge in [-0.3, -0.25) is 0 Å². The van der Waals surface area contributed by atoms with E-state index in [4.69, 9.17) is 4.99 Å². The number of thioether (sulfide) groups is 1. The lowest BCUT2D eigenvalue weighted by Gasteiger charge is -2.16. The van der Waals surface area contributed by atoms with Gasteiger partial charge in [-0.15, -0.1) is 11.8 Å². The number of aryl methyl sites for hydroxylation is 1. The summed E-state index contributed by atoms with van der Waals surface area (Å²) in [5.41, 5.74) is 2.48. The van der Waals surface area contributed by atoms with Crippen LogP contribution >= 0.6 is 11.8 Å². The molecule has 122 valence electrons. The van der Waals surface area contributed by atoms with Crippen LogP contribution in [0.4, 0.5) is 5.69 Å². The second kappa shape index (κ2) is 9.09. The van der Waals surface area contributed by atoms with Gasteiger partial charge in [0.25, 0.3) is 0 Å². The highest BCUT2D eigenvalue weighted by molar-refractivity contribution is 8.13. The zero-order valence-electron chi connectivity index (χ0n) is 14.5. The summed E-state index contributed by atoms with van der Waals surface area (Å²) in [5.74, 6) is 1.10. The smallest absolute Gasteiger partial charge is 0.0735 e. The van der Waals surface area contributed by atoms with Crippen LogP contribution in [0.1, 0.15) is 12.0 Å². The predicted octanol–water partition coefficient (Wildman–Crippen LogP) is 6.42. The molecule has 0 unspecified atom stereocenters. The van der Waals surface area contributed by atoms with Crippen LogP contribution in [0.15, 0.2) is 65.7 Å². The third-order valence-corrected chi connectivity index (χ3v) is 6.39. The highest BCUT2D eigenvalue weighted by atomic mass is 32.2. The van der Waals surface area contributed by atoms with Gasteiger partial charge in [-0.2, -0.15) is 0 Å². The van der Waals surface area contributed by atoms with Crippen molar-refractivity contribution in [2.24, 2.45) is 4.99 Å². The van der Waals surface area contributed by atoms with Gasteiger partial charge in [0.2, 0.25) is 0 Å². The van der Waals surface area contributed by atoms with Crippen LogP contribution in [-0.4, -0.2) is 18.9 Å². The van der Waals surface area contributed by atoms with Crippen molar-refractivity contribution in [1.29, 1.82) is 0 Å². The zero-order chi connectivity index (χ0) is 16.5. The van der Waals surface area contributed by atoms with E-state index in [9.17, 15) is 0 Å². The predicted molar refractivity (Wildman–Crippen MR) is 109 cm³/mol. The first-order valence-electron chi connectivity index (χ1n) is 8.32. The Balaban J connectivity index is 1.97. The van der Waals surface area contributed by atoms with Crippen LogP contribution in [0.3, 0.4) is 0 Å². The number of hydrogen-bond acceptors (Lipinski definition) is 2. The van der Waals surface area contributed by atoms with E-state index in [1.54, 1.807) is 0 Å². The summed E-state index contributed by atoms with van der Waals surface area (Å²) in [4.78, 5) is 4.89. The number of hydrogen-bond donors (Lipinski definition) is 0. The molecule has 0 aliphatic carbocycles. The number of nitrogens with zero attached hydrogens (tertiary/aromatic N) is 1. The number of aliphatic imine (C=N–C) groups is 1. The first kappa shape index (κ1) is 18.0. The van der Waals surface area contributed by atoms with E-state index in [0.717, 1.165) is 24.3 Å². The Kier molecular flexibility index (Phi) is 7.12. The largest absolute Gasteiger partial charge is 0.247 e. The molecule has 0 N–H and O–H groups in total. The third-order valence-electron chi connectivity index (χ3n) is 3.60. The number of rotatable bonds is 7. The molecule has 0 heterocycles. The van der Waals surface area contributed by atoms with Crippen LogP contribution < -0.4 is 0 Å². The van der Waals surface area contributed by atoms with Gasteiger partial charge in [0.1, 0.15) is 0 Å². The fourth-order valence-corrected chi connectivity index (χ4v) is 4.38. The van der Waals surface area contributed by atoms with Crippen LogP contribution in [0.5, 0.6) is 0 Å². The molecule has 0 aliphatic rings. The normalized spacial score (nSPS) is 12.4. The molecule has 0 bridgehead atoms. The maximum absolute atomic E-state index is 4.89. The van der Waals surface area contributed by atoms with Gasteiger partial charge in [0.15, 0.2) is 0 Å². The lowest BCUT2D eigenvalue weighted by molar-refractivity contribution is 1.16. The van der Waals surface area contributed by atoms with Crippen LogP contribution in [0.2, 0.25) is 25.7 Å². The molecule has 0 aromatic heterocycles. The number of para-hydroxylation sites is 1. The van der Waals surface area contributed by atoms with Crippen molar-refractivity contribution in [3.8, 4) is 0 Å². The molecule has 2 rings (SSSR count). The Morgan fingerprint density at radius 2 is 1.52 bits per heavy atom. The molecule has 2 aromatic rings. The summed E-state index contributed by atoms with van der Waals surface area (Å²) >= 11 is 1.92. The summed E-state index contributed by atoms with van der Waals surface area (Å²) in [5, 5.41) is 1.29. The maximum atomic E-state index is 4.89. The molecule has 0 saturated heterocycles. The molecular weight excluding hydrogens is 314 g/mol. The molecule has 0 fully saturated rings. The molecule has 2 aromatic carbocycles. The van der Waals surface area contributed by atoms with Gasteiger partial charge >= 0.3 is 0 Å². The molecular formula is C20H27NSSi. The van der Waals surface area contributed by atoms with Crippen molar-refractivity contribution < 1.29 is 0 Å². The molecule has 0 saturated carbocycles. The second-order valence-corrected chi connectivity index (χ2v) is 13.8. The molecule has 0 aliphatic heterocycles. The summed E-state index contributed by atoms with van der Waals surface area (Å²) in [6.07, 6.45) is 2.22. The van der Waals surface area contributed by atoms with E-state index in [2.05, 4.69) is 74.2 Å². The van der Waals surface area contributed by atoms with Gasteiger partial charge in [0, 0.05) is 13.8 Å². The van der Waals surface area contributed by atoms with Crippen LogP contribution in [0.25, 0.3) is 0 Å². The van der Waals surface area contributed by atoms with E-state index >= 15 is 0 Å². The SMILES string of the molecule is C[Si](C)(C)CCC(=Nc1ccccc1)SCCc1ccccc1. The maximum Gasteiger partial charge on any atom is 0.0735 e. The number of benzene rings is 2. The van der Waals surface area contributed by atoms with Crippen molar-refractivity contribution in [2.45, 2.75) is 38.5 Å². The highest BCUT2D eigenvalue weighted by Gasteiger charge is 2.14. The topological polar surface area (TPSA) is 12.4 Å². The molecule has 3 heteroatoms. The van der Waals surface area contributed by atoms with Gasteiger partial charge in [-0.05, 0) is 30.5 Å². The molecule has 23 heavy (non-hydrogen) atoms.